The second-order valence-corrected chi connectivity index (χ2v) is 16.0. The van der Waals surface area contributed by atoms with Crippen molar-refractivity contribution in [3.63, 3.8) is 0 Å². The summed E-state index contributed by atoms with van der Waals surface area (Å²) in [5.74, 6) is 0.690. The van der Waals surface area contributed by atoms with Gasteiger partial charge in [-0.1, -0.05) is 200 Å². The van der Waals surface area contributed by atoms with Gasteiger partial charge in [-0.3, -0.25) is 0 Å². The monoisotopic (exact) mass is 790 g/mol. The maximum Gasteiger partial charge on any atom is 0.160 e. The first-order chi connectivity index (χ1) is 30.7. The molecular formula is C59H38N2O. The lowest BCUT2D eigenvalue weighted by atomic mass is 9.67. The van der Waals surface area contributed by atoms with E-state index in [-0.39, 0.29) is 0 Å². The van der Waals surface area contributed by atoms with Gasteiger partial charge in [0, 0.05) is 27.5 Å². The largest absolute Gasteiger partial charge is 0.456 e. The van der Waals surface area contributed by atoms with Crippen LogP contribution in [0.15, 0.2) is 235 Å². The number of rotatable bonds is 7. The zero-order valence-electron chi connectivity index (χ0n) is 33.7. The first-order valence-corrected chi connectivity index (χ1v) is 21.1. The zero-order chi connectivity index (χ0) is 41.0. The Balaban J connectivity index is 0.979. The third kappa shape index (κ3) is 5.74. The molecule has 3 heteroatoms. The van der Waals surface area contributed by atoms with Gasteiger partial charge in [0.15, 0.2) is 5.82 Å². The van der Waals surface area contributed by atoms with Crippen molar-refractivity contribution in [1.29, 1.82) is 0 Å². The number of hydrogen-bond donors (Lipinski definition) is 0. The molecule has 2 aromatic heterocycles. The summed E-state index contributed by atoms with van der Waals surface area (Å²) in [5.41, 5.74) is 18.1. The minimum atomic E-state index is -0.507. The van der Waals surface area contributed by atoms with Crippen LogP contribution >= 0.6 is 0 Å². The van der Waals surface area contributed by atoms with Crippen LogP contribution < -0.4 is 0 Å². The van der Waals surface area contributed by atoms with E-state index in [1.807, 2.05) is 30.3 Å². The molecule has 0 saturated heterocycles. The summed E-state index contributed by atoms with van der Waals surface area (Å²) in [4.78, 5) is 10.5. The summed E-state index contributed by atoms with van der Waals surface area (Å²) in [6.07, 6.45) is 0. The normalized spacial score (nSPS) is 12.6. The average molecular weight is 791 g/mol. The van der Waals surface area contributed by atoms with Gasteiger partial charge in [0.05, 0.1) is 16.8 Å². The molecule has 0 spiro atoms. The molecular weight excluding hydrogens is 753 g/mol. The van der Waals surface area contributed by atoms with E-state index in [2.05, 4.69) is 200 Å². The van der Waals surface area contributed by atoms with Crippen molar-refractivity contribution in [3.05, 3.63) is 253 Å². The maximum absolute atomic E-state index is 6.28. The molecule has 0 aliphatic heterocycles. The predicted molar refractivity (Wildman–Crippen MR) is 254 cm³/mol. The number of furan rings is 1. The number of nitrogens with zero attached hydrogens (tertiary/aromatic N) is 2. The van der Waals surface area contributed by atoms with E-state index < -0.39 is 5.41 Å². The van der Waals surface area contributed by atoms with Crippen molar-refractivity contribution < 1.29 is 4.42 Å². The van der Waals surface area contributed by atoms with Crippen molar-refractivity contribution in [2.75, 3.05) is 0 Å². The molecule has 0 atom stereocenters. The fourth-order valence-electron chi connectivity index (χ4n) is 9.76. The lowest BCUT2D eigenvalue weighted by Crippen LogP contribution is -2.28. The Morgan fingerprint density at radius 2 is 0.823 bits per heavy atom. The smallest absolute Gasteiger partial charge is 0.160 e. The van der Waals surface area contributed by atoms with Gasteiger partial charge in [0.2, 0.25) is 0 Å². The Morgan fingerprint density at radius 1 is 0.306 bits per heavy atom. The van der Waals surface area contributed by atoms with Crippen LogP contribution in [0.25, 0.3) is 89.2 Å². The number of benzene rings is 9. The Kier molecular flexibility index (Phi) is 8.39. The van der Waals surface area contributed by atoms with Gasteiger partial charge in [-0.05, 0) is 86.0 Å². The molecule has 0 N–H and O–H groups in total. The van der Waals surface area contributed by atoms with E-state index >= 15 is 0 Å². The van der Waals surface area contributed by atoms with E-state index in [0.717, 1.165) is 72.3 Å². The molecule has 0 saturated carbocycles. The summed E-state index contributed by atoms with van der Waals surface area (Å²) < 4.78 is 6.28. The van der Waals surface area contributed by atoms with Crippen molar-refractivity contribution >= 4 is 21.9 Å². The van der Waals surface area contributed by atoms with Crippen molar-refractivity contribution in [2.24, 2.45) is 0 Å². The van der Waals surface area contributed by atoms with E-state index in [0.29, 0.717) is 5.82 Å². The van der Waals surface area contributed by atoms with Crippen LogP contribution in [0.4, 0.5) is 0 Å². The standard InChI is InChI=1S/C59H38N2O/c1-4-16-41(17-5-1)58-60-54(40-30-28-39(29-31-40)46-22-10-11-23-47(46)42-32-35-51-50-25-13-15-27-56(50)62-57(51)37-42)38-55(61-58)43-33-34-49-48-24-12-14-26-52(48)59(53(49)36-43,44-18-6-2-7-19-44)45-20-8-3-9-21-45/h1-38H. The van der Waals surface area contributed by atoms with Crippen LogP contribution in [-0.2, 0) is 5.41 Å². The Bertz CT molecular complexity index is 3400. The van der Waals surface area contributed by atoms with Gasteiger partial charge in [0.25, 0.3) is 0 Å². The highest BCUT2D eigenvalue weighted by Crippen LogP contribution is 2.56. The molecule has 9 aromatic carbocycles. The minimum Gasteiger partial charge on any atom is -0.456 e. The molecule has 0 unspecified atom stereocenters. The van der Waals surface area contributed by atoms with Gasteiger partial charge in [0.1, 0.15) is 11.2 Å². The second kappa shape index (κ2) is 14.5. The second-order valence-electron chi connectivity index (χ2n) is 16.0. The highest BCUT2D eigenvalue weighted by Gasteiger charge is 2.46. The van der Waals surface area contributed by atoms with Gasteiger partial charge in [-0.25, -0.2) is 9.97 Å². The first-order valence-electron chi connectivity index (χ1n) is 21.1. The van der Waals surface area contributed by atoms with Crippen LogP contribution in [0.3, 0.4) is 0 Å². The number of para-hydroxylation sites is 1. The molecule has 1 aliphatic rings. The predicted octanol–water partition coefficient (Wildman–Crippen LogP) is 15.1. The Morgan fingerprint density at radius 3 is 1.55 bits per heavy atom. The van der Waals surface area contributed by atoms with Crippen LogP contribution in [0, 0.1) is 0 Å². The van der Waals surface area contributed by atoms with Crippen molar-refractivity contribution in [2.45, 2.75) is 5.41 Å². The molecule has 290 valence electrons. The summed E-state index contributed by atoms with van der Waals surface area (Å²) >= 11 is 0. The third-order valence-corrected chi connectivity index (χ3v) is 12.6. The zero-order valence-corrected chi connectivity index (χ0v) is 33.7. The SMILES string of the molecule is c1ccc(-c2nc(-c3ccc(-c4ccccc4-c4ccc5c(c4)oc4ccccc45)cc3)cc(-c3ccc4c(c3)C(c3ccccc3)(c3ccccc3)c3ccccc3-4)n2)cc1. The van der Waals surface area contributed by atoms with Crippen LogP contribution in [-0.4, -0.2) is 9.97 Å². The van der Waals surface area contributed by atoms with E-state index in [4.69, 9.17) is 14.4 Å². The molecule has 1 aliphatic carbocycles. The third-order valence-electron chi connectivity index (χ3n) is 12.6. The van der Waals surface area contributed by atoms with Gasteiger partial charge in [-0.2, -0.15) is 0 Å². The van der Waals surface area contributed by atoms with E-state index in [1.165, 1.54) is 33.4 Å². The summed E-state index contributed by atoms with van der Waals surface area (Å²) in [6.45, 7) is 0. The van der Waals surface area contributed by atoms with Gasteiger partial charge in [-0.15, -0.1) is 0 Å². The topological polar surface area (TPSA) is 38.9 Å². The molecule has 2 heterocycles. The van der Waals surface area contributed by atoms with Crippen LogP contribution in [0.5, 0.6) is 0 Å². The molecule has 3 nitrogen and oxygen atoms in total. The van der Waals surface area contributed by atoms with Crippen LogP contribution in [0.2, 0.25) is 0 Å². The van der Waals surface area contributed by atoms with Crippen molar-refractivity contribution in [3.8, 4) is 67.3 Å². The number of aromatic nitrogens is 2. The fraction of sp³-hybridized carbons (Fsp3) is 0.0169. The molecule has 11 aromatic rings. The van der Waals surface area contributed by atoms with Gasteiger partial charge >= 0.3 is 0 Å². The Labute approximate surface area is 360 Å². The number of fused-ring (bicyclic) bond motifs is 6. The molecule has 0 fully saturated rings. The quantitative estimate of drug-likeness (QED) is 0.161. The Hall–Kier alpha value is -8.14. The highest BCUT2D eigenvalue weighted by molar-refractivity contribution is 6.06. The average Bonchev–Trinajstić information content (AvgIpc) is 3.88. The molecule has 62 heavy (non-hydrogen) atoms. The molecule has 0 amide bonds. The molecule has 0 bridgehead atoms. The summed E-state index contributed by atoms with van der Waals surface area (Å²) in [6, 6.07) is 82.2. The van der Waals surface area contributed by atoms with Gasteiger partial charge < -0.3 is 4.42 Å². The van der Waals surface area contributed by atoms with Crippen molar-refractivity contribution in [1.82, 2.24) is 9.97 Å². The highest BCUT2D eigenvalue weighted by atomic mass is 16.3. The maximum atomic E-state index is 6.28. The lowest BCUT2D eigenvalue weighted by Gasteiger charge is -2.34. The molecule has 12 rings (SSSR count). The van der Waals surface area contributed by atoms with E-state index in [9.17, 15) is 0 Å². The fourth-order valence-corrected chi connectivity index (χ4v) is 9.76. The first kappa shape index (κ1) is 35.8. The van der Waals surface area contributed by atoms with E-state index in [1.54, 1.807) is 0 Å². The molecule has 0 radical (unpaired) electrons. The lowest BCUT2D eigenvalue weighted by molar-refractivity contribution is 0.669. The summed E-state index contributed by atoms with van der Waals surface area (Å²) in [5, 5.41) is 2.26. The number of hydrogen-bond acceptors (Lipinski definition) is 3. The summed E-state index contributed by atoms with van der Waals surface area (Å²) in [7, 11) is 0. The minimum absolute atomic E-state index is 0.507. The van der Waals surface area contributed by atoms with Crippen LogP contribution in [0.1, 0.15) is 22.3 Å².